The van der Waals surface area contributed by atoms with Crippen molar-refractivity contribution in [2.24, 2.45) is 0 Å². The van der Waals surface area contributed by atoms with Crippen LogP contribution in [-0.4, -0.2) is 29.2 Å². The van der Waals surface area contributed by atoms with Gasteiger partial charge in [-0.1, -0.05) is 35.5 Å². The summed E-state index contributed by atoms with van der Waals surface area (Å²) in [5.74, 6) is 0.520. The van der Waals surface area contributed by atoms with Crippen molar-refractivity contribution in [3.8, 4) is 0 Å². The zero-order chi connectivity index (χ0) is 18.1. The second kappa shape index (κ2) is 7.54. The van der Waals surface area contributed by atoms with Crippen molar-refractivity contribution in [2.45, 2.75) is 45.8 Å². The van der Waals surface area contributed by atoms with Gasteiger partial charge in [0.15, 0.2) is 5.12 Å². The Balaban J connectivity index is 2.33. The van der Waals surface area contributed by atoms with E-state index in [4.69, 9.17) is 20.9 Å². The number of thioether (sulfide) groups is 1. The summed E-state index contributed by atoms with van der Waals surface area (Å²) in [5, 5.41) is 0.720. The monoisotopic (exact) mass is 430 g/mol. The van der Waals surface area contributed by atoms with Crippen molar-refractivity contribution >= 4 is 57.6 Å². The lowest BCUT2D eigenvalue weighted by Crippen LogP contribution is -2.41. The molecule has 0 aromatic heterocycles. The fourth-order valence-corrected chi connectivity index (χ4v) is 3.28. The fourth-order valence-electron chi connectivity index (χ4n) is 2.17. The number of halogens is 2. The van der Waals surface area contributed by atoms with Gasteiger partial charge in [0.05, 0.1) is 16.2 Å². The average Bonchev–Trinajstić information content (AvgIpc) is 2.67. The van der Waals surface area contributed by atoms with E-state index in [1.807, 2.05) is 52.0 Å². The molecule has 1 aromatic carbocycles. The minimum absolute atomic E-state index is 0.0645. The summed E-state index contributed by atoms with van der Waals surface area (Å²) in [6, 6.07) is 5.69. The zero-order valence-corrected chi connectivity index (χ0v) is 17.6. The molecular formula is C17H21BBrClO3S. The van der Waals surface area contributed by atoms with Gasteiger partial charge in [-0.05, 0) is 66.8 Å². The summed E-state index contributed by atoms with van der Waals surface area (Å²) >= 11 is 10.7. The maximum Gasteiger partial charge on any atom is 0.491 e. The molecule has 2 rings (SSSR count). The molecular weight excluding hydrogens is 410 g/mol. The largest absolute Gasteiger partial charge is 0.491 e. The molecule has 1 aliphatic heterocycles. The average molecular weight is 432 g/mol. The molecule has 1 heterocycles. The van der Waals surface area contributed by atoms with Gasteiger partial charge in [-0.2, -0.15) is 0 Å². The topological polar surface area (TPSA) is 35.5 Å². The Labute approximate surface area is 161 Å². The van der Waals surface area contributed by atoms with E-state index in [9.17, 15) is 4.79 Å². The van der Waals surface area contributed by atoms with Crippen LogP contribution in [0.3, 0.4) is 0 Å². The summed E-state index contributed by atoms with van der Waals surface area (Å²) in [6.45, 7) is 9.62. The second-order valence-corrected chi connectivity index (χ2v) is 9.18. The lowest BCUT2D eigenvalue weighted by molar-refractivity contribution is -0.109. The Morgan fingerprint density at radius 1 is 1.29 bits per heavy atom. The van der Waals surface area contributed by atoms with Gasteiger partial charge in [-0.25, -0.2) is 0 Å². The third-order valence-corrected chi connectivity index (χ3v) is 6.39. The van der Waals surface area contributed by atoms with Gasteiger partial charge in [-0.3, -0.25) is 4.79 Å². The molecule has 24 heavy (non-hydrogen) atoms. The van der Waals surface area contributed by atoms with Crippen LogP contribution >= 0.6 is 39.3 Å². The van der Waals surface area contributed by atoms with E-state index in [1.165, 1.54) is 11.8 Å². The van der Waals surface area contributed by atoms with E-state index >= 15 is 0 Å². The Morgan fingerprint density at radius 2 is 1.88 bits per heavy atom. The Kier molecular flexibility index (Phi) is 6.30. The van der Waals surface area contributed by atoms with Crippen molar-refractivity contribution in [2.75, 3.05) is 5.75 Å². The normalized spacial score (nSPS) is 19.6. The molecule has 0 saturated carbocycles. The van der Waals surface area contributed by atoms with Crippen molar-refractivity contribution in [1.82, 2.24) is 0 Å². The van der Waals surface area contributed by atoms with Gasteiger partial charge >= 0.3 is 7.12 Å². The summed E-state index contributed by atoms with van der Waals surface area (Å²) in [5.41, 5.74) is 1.06. The molecule has 0 bridgehead atoms. The van der Waals surface area contributed by atoms with Crippen molar-refractivity contribution in [1.29, 1.82) is 0 Å². The van der Waals surface area contributed by atoms with E-state index in [0.29, 0.717) is 10.8 Å². The minimum Gasteiger partial charge on any atom is -0.400 e. The van der Waals surface area contributed by atoms with Gasteiger partial charge in [0, 0.05) is 17.1 Å². The molecule has 0 aliphatic carbocycles. The van der Waals surface area contributed by atoms with Crippen LogP contribution in [-0.2, 0) is 14.1 Å². The van der Waals surface area contributed by atoms with Crippen LogP contribution in [0.4, 0.5) is 0 Å². The molecule has 0 radical (unpaired) electrons. The molecule has 1 aromatic rings. The first kappa shape index (κ1) is 20.1. The first-order valence-electron chi connectivity index (χ1n) is 7.66. The van der Waals surface area contributed by atoms with E-state index in [2.05, 4.69) is 15.9 Å². The van der Waals surface area contributed by atoms with Gasteiger partial charge in [-0.15, -0.1) is 0 Å². The first-order valence-corrected chi connectivity index (χ1v) is 9.82. The summed E-state index contributed by atoms with van der Waals surface area (Å²) in [7, 11) is -0.476. The highest BCUT2D eigenvalue weighted by atomic mass is 79.9. The highest BCUT2D eigenvalue weighted by Gasteiger charge is 2.52. The number of carbonyl (C=O) groups is 1. The SMILES string of the molecule is CC(=O)SCC(=Cc1ccc(Cl)c(Br)c1)B1OC(C)(C)C(C)(C)O1. The van der Waals surface area contributed by atoms with E-state index in [0.717, 1.165) is 15.5 Å². The molecule has 0 spiro atoms. The molecule has 1 aliphatic rings. The van der Waals surface area contributed by atoms with Gasteiger partial charge in [0.1, 0.15) is 0 Å². The maximum atomic E-state index is 11.4. The summed E-state index contributed by atoms with van der Waals surface area (Å²) < 4.78 is 13.1. The molecule has 0 N–H and O–H groups in total. The molecule has 0 atom stereocenters. The number of carbonyl (C=O) groups excluding carboxylic acids is 1. The number of hydrogen-bond donors (Lipinski definition) is 0. The van der Waals surface area contributed by atoms with Crippen LogP contribution in [0.1, 0.15) is 40.2 Å². The predicted molar refractivity (Wildman–Crippen MR) is 106 cm³/mol. The van der Waals surface area contributed by atoms with Crippen LogP contribution in [0.25, 0.3) is 6.08 Å². The molecule has 0 unspecified atom stereocenters. The maximum absolute atomic E-state index is 11.4. The lowest BCUT2D eigenvalue weighted by atomic mass is 9.78. The van der Waals surface area contributed by atoms with Gasteiger partial charge in [0.2, 0.25) is 0 Å². The minimum atomic E-state index is -0.476. The van der Waals surface area contributed by atoms with Crippen LogP contribution in [0, 0.1) is 0 Å². The fraction of sp³-hybridized carbons (Fsp3) is 0.471. The smallest absolute Gasteiger partial charge is 0.400 e. The Morgan fingerprint density at radius 3 is 2.38 bits per heavy atom. The lowest BCUT2D eigenvalue weighted by Gasteiger charge is -2.32. The number of rotatable bonds is 4. The molecule has 0 amide bonds. The number of hydrogen-bond acceptors (Lipinski definition) is 4. The molecule has 1 saturated heterocycles. The predicted octanol–water partition coefficient (Wildman–Crippen LogP) is 5.40. The quantitative estimate of drug-likeness (QED) is 0.598. The van der Waals surface area contributed by atoms with Crippen molar-refractivity contribution in [3.63, 3.8) is 0 Å². The summed E-state index contributed by atoms with van der Waals surface area (Å²) in [4.78, 5) is 11.4. The first-order chi connectivity index (χ1) is 11.0. The molecule has 7 heteroatoms. The highest BCUT2D eigenvalue weighted by molar-refractivity contribution is 9.10. The highest BCUT2D eigenvalue weighted by Crippen LogP contribution is 2.39. The summed E-state index contributed by atoms with van der Waals surface area (Å²) in [6.07, 6.45) is 2.00. The zero-order valence-electron chi connectivity index (χ0n) is 14.5. The van der Waals surface area contributed by atoms with E-state index < -0.39 is 18.3 Å². The van der Waals surface area contributed by atoms with Crippen LogP contribution < -0.4 is 0 Å². The van der Waals surface area contributed by atoms with Crippen molar-refractivity contribution in [3.05, 3.63) is 38.7 Å². The Hall–Kier alpha value is -0.265. The van der Waals surface area contributed by atoms with E-state index in [-0.39, 0.29) is 5.12 Å². The molecule has 1 fully saturated rings. The van der Waals surface area contributed by atoms with Crippen LogP contribution in [0.2, 0.25) is 5.02 Å². The van der Waals surface area contributed by atoms with E-state index in [1.54, 1.807) is 6.92 Å². The second-order valence-electron chi connectivity index (χ2n) is 6.76. The van der Waals surface area contributed by atoms with Crippen LogP contribution in [0.5, 0.6) is 0 Å². The molecule has 130 valence electrons. The van der Waals surface area contributed by atoms with Gasteiger partial charge < -0.3 is 9.31 Å². The molecule has 3 nitrogen and oxygen atoms in total. The van der Waals surface area contributed by atoms with Crippen LogP contribution in [0.15, 0.2) is 28.1 Å². The third-order valence-electron chi connectivity index (χ3n) is 4.29. The Bertz CT molecular complexity index is 660. The number of benzene rings is 1. The van der Waals surface area contributed by atoms with Crippen molar-refractivity contribution < 1.29 is 14.1 Å². The van der Waals surface area contributed by atoms with Gasteiger partial charge in [0.25, 0.3) is 0 Å². The standard InChI is InChI=1S/C17H21BBrClO3S/c1-11(21)24-10-13(8-12-6-7-15(20)14(19)9-12)18-22-16(2,3)17(4,5)23-18/h6-9H,10H2,1-5H3. The third kappa shape index (κ3) is 4.67.